The van der Waals surface area contributed by atoms with Gasteiger partial charge in [0, 0.05) is 30.5 Å². The third kappa shape index (κ3) is 3.11. The molecular formula is C25H20N10. The average Bonchev–Trinajstić information content (AvgIpc) is 3.69. The Morgan fingerprint density at radius 2 is 1.91 bits per heavy atom. The van der Waals surface area contributed by atoms with Crippen LogP contribution in [-0.2, 0) is 6.42 Å². The lowest BCUT2D eigenvalue weighted by Crippen LogP contribution is -2.08. The average molecular weight is 461 g/mol. The molecule has 10 heteroatoms. The van der Waals surface area contributed by atoms with E-state index in [9.17, 15) is 0 Å². The number of anilines is 1. The minimum atomic E-state index is 0.194. The first kappa shape index (κ1) is 19.6. The summed E-state index contributed by atoms with van der Waals surface area (Å²) in [6, 6.07) is 16.2. The molecule has 0 unspecified atom stereocenters. The largest absolute Gasteiger partial charge is 0.383 e. The Bertz CT molecular complexity index is 1660. The first-order valence-corrected chi connectivity index (χ1v) is 11.4. The number of imidazole rings is 1. The van der Waals surface area contributed by atoms with Crippen molar-refractivity contribution in [1.82, 2.24) is 44.3 Å². The Hall–Kier alpha value is -4.86. The lowest BCUT2D eigenvalue weighted by molar-refractivity contribution is 0.504. The Labute approximate surface area is 199 Å². The smallest absolute Gasteiger partial charge is 0.167 e. The topological polar surface area (TPSA) is 118 Å². The molecule has 1 aliphatic carbocycles. The lowest BCUT2D eigenvalue weighted by Gasteiger charge is -2.14. The van der Waals surface area contributed by atoms with Crippen molar-refractivity contribution in [3.63, 3.8) is 0 Å². The van der Waals surface area contributed by atoms with E-state index in [1.54, 1.807) is 23.3 Å². The first-order chi connectivity index (χ1) is 17.3. The van der Waals surface area contributed by atoms with Crippen molar-refractivity contribution in [2.75, 3.05) is 5.73 Å². The van der Waals surface area contributed by atoms with E-state index in [4.69, 9.17) is 15.7 Å². The summed E-state index contributed by atoms with van der Waals surface area (Å²) in [5, 5.41) is 12.5. The molecule has 6 aromatic rings. The SMILES string of the molecule is Nc1ncccc1-c1nc2ccc(-n3cccn3)nc2n1-c1ccc2c(c1)CC[C@@H]2n1ccnn1. The fourth-order valence-corrected chi connectivity index (χ4v) is 4.89. The molecule has 0 spiro atoms. The zero-order valence-electron chi connectivity index (χ0n) is 18.6. The van der Waals surface area contributed by atoms with Crippen LogP contribution in [0.1, 0.15) is 23.6 Å². The normalized spacial score (nSPS) is 15.0. The third-order valence-corrected chi connectivity index (χ3v) is 6.50. The van der Waals surface area contributed by atoms with Gasteiger partial charge >= 0.3 is 0 Å². The number of benzene rings is 1. The van der Waals surface area contributed by atoms with Crippen molar-refractivity contribution in [2.24, 2.45) is 0 Å². The number of nitrogen functional groups attached to an aromatic ring is 1. The fourth-order valence-electron chi connectivity index (χ4n) is 4.89. The zero-order chi connectivity index (χ0) is 23.4. The predicted molar refractivity (Wildman–Crippen MR) is 130 cm³/mol. The Kier molecular flexibility index (Phi) is 4.25. The maximum atomic E-state index is 6.28. The van der Waals surface area contributed by atoms with Crippen LogP contribution >= 0.6 is 0 Å². The Balaban J connectivity index is 1.44. The molecule has 0 saturated heterocycles. The van der Waals surface area contributed by atoms with E-state index in [1.165, 1.54) is 11.1 Å². The Morgan fingerprint density at radius 1 is 0.943 bits per heavy atom. The van der Waals surface area contributed by atoms with Gasteiger partial charge in [-0.2, -0.15) is 5.10 Å². The monoisotopic (exact) mass is 460 g/mol. The van der Waals surface area contributed by atoms with Gasteiger partial charge in [-0.1, -0.05) is 11.3 Å². The highest BCUT2D eigenvalue weighted by molar-refractivity contribution is 5.83. The van der Waals surface area contributed by atoms with Gasteiger partial charge in [-0.05, 0) is 66.4 Å². The van der Waals surface area contributed by atoms with Crippen LogP contribution in [-0.4, -0.2) is 44.3 Å². The van der Waals surface area contributed by atoms with E-state index in [0.717, 1.165) is 35.3 Å². The number of nitrogens with zero attached hydrogens (tertiary/aromatic N) is 9. The molecule has 0 radical (unpaired) electrons. The highest BCUT2D eigenvalue weighted by Gasteiger charge is 2.26. The number of nitrogens with two attached hydrogens (primary N) is 1. The van der Waals surface area contributed by atoms with Gasteiger partial charge in [-0.25, -0.2) is 24.3 Å². The van der Waals surface area contributed by atoms with Crippen LogP contribution in [0.2, 0.25) is 0 Å². The maximum absolute atomic E-state index is 6.28. The van der Waals surface area contributed by atoms with Gasteiger partial charge in [0.15, 0.2) is 17.3 Å². The van der Waals surface area contributed by atoms with Gasteiger partial charge in [0.2, 0.25) is 0 Å². The van der Waals surface area contributed by atoms with E-state index in [-0.39, 0.29) is 6.04 Å². The second-order valence-electron chi connectivity index (χ2n) is 8.49. The number of hydrogen-bond donors (Lipinski definition) is 1. The van der Waals surface area contributed by atoms with Gasteiger partial charge < -0.3 is 5.73 Å². The van der Waals surface area contributed by atoms with Crippen LogP contribution in [0.4, 0.5) is 5.82 Å². The second kappa shape index (κ2) is 7.59. The minimum absolute atomic E-state index is 0.194. The molecule has 1 aromatic carbocycles. The fraction of sp³-hybridized carbons (Fsp3) is 0.120. The van der Waals surface area contributed by atoms with Crippen LogP contribution in [0.5, 0.6) is 0 Å². The van der Waals surface area contributed by atoms with Crippen molar-refractivity contribution in [3.05, 3.63) is 90.6 Å². The molecule has 10 nitrogen and oxygen atoms in total. The van der Waals surface area contributed by atoms with E-state index >= 15 is 0 Å². The number of aromatic nitrogens is 9. The molecule has 1 aliphatic rings. The highest BCUT2D eigenvalue weighted by atomic mass is 15.4. The summed E-state index contributed by atoms with van der Waals surface area (Å²) in [4.78, 5) is 14.1. The number of fused-ring (bicyclic) bond motifs is 2. The molecule has 1 atom stereocenters. The molecule has 5 heterocycles. The van der Waals surface area contributed by atoms with Crippen molar-refractivity contribution in [3.8, 4) is 22.9 Å². The molecule has 0 aliphatic heterocycles. The van der Waals surface area contributed by atoms with Gasteiger partial charge in [0.25, 0.3) is 0 Å². The van der Waals surface area contributed by atoms with Crippen molar-refractivity contribution in [2.45, 2.75) is 18.9 Å². The van der Waals surface area contributed by atoms with E-state index in [0.29, 0.717) is 17.5 Å². The standard InChI is InChI=1S/C25H20N10/c26-23-19(3-1-10-27-23)24-30-20-7-9-22(34-13-2-11-29-34)31-25(20)35(24)17-5-6-18-16(15-17)4-8-21(18)33-14-12-28-32-33/h1-3,5-7,9-15,21H,4,8H2,(H2,26,27)/t21-/m0/s1. The predicted octanol–water partition coefficient (Wildman–Crippen LogP) is 3.38. The summed E-state index contributed by atoms with van der Waals surface area (Å²) in [5.41, 5.74) is 12.0. The molecule has 7 rings (SSSR count). The minimum Gasteiger partial charge on any atom is -0.383 e. The molecular weight excluding hydrogens is 440 g/mol. The van der Waals surface area contributed by atoms with E-state index in [1.807, 2.05) is 47.4 Å². The first-order valence-electron chi connectivity index (χ1n) is 11.4. The molecule has 5 aromatic heterocycles. The molecule has 2 N–H and O–H groups in total. The quantitative estimate of drug-likeness (QED) is 0.428. The third-order valence-electron chi connectivity index (χ3n) is 6.50. The molecule has 0 saturated carbocycles. The van der Waals surface area contributed by atoms with Crippen LogP contribution in [0.25, 0.3) is 34.1 Å². The number of hydrogen-bond acceptors (Lipinski definition) is 7. The Morgan fingerprint density at radius 3 is 2.74 bits per heavy atom. The zero-order valence-corrected chi connectivity index (χ0v) is 18.6. The van der Waals surface area contributed by atoms with Crippen molar-refractivity contribution >= 4 is 17.0 Å². The van der Waals surface area contributed by atoms with Gasteiger partial charge in [-0.3, -0.25) is 4.57 Å². The summed E-state index contributed by atoms with van der Waals surface area (Å²) in [5.74, 6) is 1.83. The molecule has 0 amide bonds. The van der Waals surface area contributed by atoms with Crippen LogP contribution in [0, 0.1) is 0 Å². The van der Waals surface area contributed by atoms with E-state index in [2.05, 4.69) is 43.2 Å². The van der Waals surface area contributed by atoms with Crippen LogP contribution < -0.4 is 5.73 Å². The van der Waals surface area contributed by atoms with Crippen LogP contribution in [0.15, 0.2) is 79.5 Å². The molecule has 170 valence electrons. The van der Waals surface area contributed by atoms with Crippen LogP contribution in [0.3, 0.4) is 0 Å². The molecule has 0 bridgehead atoms. The van der Waals surface area contributed by atoms with Crippen molar-refractivity contribution < 1.29 is 0 Å². The van der Waals surface area contributed by atoms with Gasteiger partial charge in [0.1, 0.15) is 11.3 Å². The summed E-state index contributed by atoms with van der Waals surface area (Å²) >= 11 is 0. The summed E-state index contributed by atoms with van der Waals surface area (Å²) in [6.45, 7) is 0. The number of rotatable bonds is 4. The summed E-state index contributed by atoms with van der Waals surface area (Å²) in [7, 11) is 0. The summed E-state index contributed by atoms with van der Waals surface area (Å²) in [6.07, 6.45) is 10.9. The van der Waals surface area contributed by atoms with E-state index < -0.39 is 0 Å². The van der Waals surface area contributed by atoms with Gasteiger partial charge in [0.05, 0.1) is 17.8 Å². The highest BCUT2D eigenvalue weighted by Crippen LogP contribution is 2.37. The van der Waals surface area contributed by atoms with Crippen molar-refractivity contribution in [1.29, 1.82) is 0 Å². The van der Waals surface area contributed by atoms with Gasteiger partial charge in [-0.15, -0.1) is 5.10 Å². The number of aryl methyl sites for hydroxylation is 1. The molecule has 35 heavy (non-hydrogen) atoms. The molecule has 0 fully saturated rings. The maximum Gasteiger partial charge on any atom is 0.167 e. The summed E-state index contributed by atoms with van der Waals surface area (Å²) < 4.78 is 5.72. The lowest BCUT2D eigenvalue weighted by atomic mass is 10.1. The number of pyridine rings is 2. The second-order valence-corrected chi connectivity index (χ2v) is 8.49.